The lowest BCUT2D eigenvalue weighted by molar-refractivity contribution is 0.100. The van der Waals surface area contributed by atoms with Crippen LogP contribution < -0.4 is 16.8 Å². The molecule has 0 unspecified atom stereocenters. The van der Waals surface area contributed by atoms with Crippen molar-refractivity contribution in [1.29, 1.82) is 0 Å². The minimum Gasteiger partial charge on any atom is -0.388 e. The molecular weight excluding hydrogens is 260 g/mol. The smallest absolute Gasteiger partial charge is 0.248 e. The van der Waals surface area contributed by atoms with Gasteiger partial charge in [0.15, 0.2) is 0 Å². The van der Waals surface area contributed by atoms with Crippen LogP contribution in [0.3, 0.4) is 0 Å². The van der Waals surface area contributed by atoms with Gasteiger partial charge < -0.3 is 16.8 Å². The number of benzene rings is 1. The number of hydrogen-bond donors (Lipinski definition) is 3. The summed E-state index contributed by atoms with van der Waals surface area (Å²) in [6.45, 7) is 0. The van der Waals surface area contributed by atoms with E-state index in [4.69, 9.17) is 23.7 Å². The van der Waals surface area contributed by atoms with Crippen LogP contribution in [0, 0.1) is 0 Å². The highest BCUT2D eigenvalue weighted by atomic mass is 32.1. The zero-order chi connectivity index (χ0) is 13.8. The molecule has 2 aromatic rings. The molecule has 0 saturated carbocycles. The lowest BCUT2D eigenvalue weighted by atomic mass is 10.2. The molecule has 0 aliphatic carbocycles. The fourth-order valence-corrected chi connectivity index (χ4v) is 1.77. The Kier molecular flexibility index (Phi) is 3.72. The van der Waals surface area contributed by atoms with Crippen LogP contribution in [-0.4, -0.2) is 15.9 Å². The molecule has 5 N–H and O–H groups in total. The van der Waals surface area contributed by atoms with E-state index in [-0.39, 0.29) is 4.99 Å². The second-order valence-electron chi connectivity index (χ2n) is 3.83. The Morgan fingerprint density at radius 2 is 2.00 bits per heavy atom. The standard InChI is InChI=1S/C13H12N4OS/c14-12(18)8-3-1-4-9(7-8)17-10-5-2-6-16-11(10)13(15)19/h1-7,17H,(H2,14,18)(H2,15,19). The summed E-state index contributed by atoms with van der Waals surface area (Å²) in [6, 6.07) is 10.4. The van der Waals surface area contributed by atoms with Crippen molar-refractivity contribution in [2.24, 2.45) is 11.5 Å². The summed E-state index contributed by atoms with van der Waals surface area (Å²) in [7, 11) is 0. The van der Waals surface area contributed by atoms with Crippen molar-refractivity contribution in [1.82, 2.24) is 4.98 Å². The highest BCUT2D eigenvalue weighted by Crippen LogP contribution is 2.20. The molecular formula is C13H12N4OS. The Morgan fingerprint density at radius 1 is 1.21 bits per heavy atom. The van der Waals surface area contributed by atoms with Crippen LogP contribution in [0.25, 0.3) is 0 Å². The molecule has 1 aromatic heterocycles. The molecule has 0 radical (unpaired) electrons. The predicted molar refractivity (Wildman–Crippen MR) is 78.4 cm³/mol. The van der Waals surface area contributed by atoms with Gasteiger partial charge in [-0.15, -0.1) is 0 Å². The molecule has 0 aliphatic rings. The minimum absolute atomic E-state index is 0.203. The number of nitrogens with one attached hydrogen (secondary N) is 1. The average molecular weight is 272 g/mol. The minimum atomic E-state index is -0.482. The van der Waals surface area contributed by atoms with Crippen LogP contribution in [0.1, 0.15) is 16.1 Å². The lowest BCUT2D eigenvalue weighted by Gasteiger charge is -2.10. The van der Waals surface area contributed by atoms with Crippen molar-refractivity contribution in [3.05, 3.63) is 53.9 Å². The van der Waals surface area contributed by atoms with Gasteiger partial charge in [0.05, 0.1) is 5.69 Å². The average Bonchev–Trinajstić information content (AvgIpc) is 2.39. The van der Waals surface area contributed by atoms with E-state index >= 15 is 0 Å². The van der Waals surface area contributed by atoms with E-state index in [1.54, 1.807) is 36.5 Å². The van der Waals surface area contributed by atoms with Crippen molar-refractivity contribution in [3.8, 4) is 0 Å². The summed E-state index contributed by atoms with van der Waals surface area (Å²) < 4.78 is 0. The summed E-state index contributed by atoms with van der Waals surface area (Å²) in [4.78, 5) is 15.4. The maximum Gasteiger partial charge on any atom is 0.248 e. The molecule has 19 heavy (non-hydrogen) atoms. The molecule has 2 rings (SSSR count). The van der Waals surface area contributed by atoms with E-state index < -0.39 is 5.91 Å². The number of aromatic nitrogens is 1. The summed E-state index contributed by atoms with van der Waals surface area (Å²) in [6.07, 6.45) is 1.61. The molecule has 1 amide bonds. The summed E-state index contributed by atoms with van der Waals surface area (Å²) in [5.74, 6) is -0.482. The number of rotatable bonds is 4. The molecule has 0 atom stereocenters. The van der Waals surface area contributed by atoms with Crippen LogP contribution in [0.2, 0.25) is 0 Å². The monoisotopic (exact) mass is 272 g/mol. The first-order valence-electron chi connectivity index (χ1n) is 5.49. The number of carbonyl (C=O) groups excluding carboxylic acids is 1. The third kappa shape index (κ3) is 3.05. The number of pyridine rings is 1. The van der Waals surface area contributed by atoms with Crippen LogP contribution in [0.15, 0.2) is 42.6 Å². The van der Waals surface area contributed by atoms with E-state index in [1.807, 2.05) is 6.07 Å². The van der Waals surface area contributed by atoms with Gasteiger partial charge >= 0.3 is 0 Å². The summed E-state index contributed by atoms with van der Waals surface area (Å²) >= 11 is 4.93. The van der Waals surface area contributed by atoms with E-state index in [9.17, 15) is 4.79 Å². The first-order valence-corrected chi connectivity index (χ1v) is 5.90. The maximum absolute atomic E-state index is 11.1. The Morgan fingerprint density at radius 3 is 2.68 bits per heavy atom. The molecule has 1 heterocycles. The normalized spacial score (nSPS) is 9.89. The van der Waals surface area contributed by atoms with Gasteiger partial charge in [-0.05, 0) is 30.3 Å². The lowest BCUT2D eigenvalue weighted by Crippen LogP contribution is -2.14. The van der Waals surface area contributed by atoms with Gasteiger partial charge in [-0.25, -0.2) is 0 Å². The fraction of sp³-hybridized carbons (Fsp3) is 0. The highest BCUT2D eigenvalue weighted by molar-refractivity contribution is 7.80. The molecule has 1 aromatic carbocycles. The Bertz CT molecular complexity index is 642. The molecule has 5 nitrogen and oxygen atoms in total. The van der Waals surface area contributed by atoms with Crippen molar-refractivity contribution < 1.29 is 4.79 Å². The number of anilines is 2. The highest BCUT2D eigenvalue weighted by Gasteiger charge is 2.07. The van der Waals surface area contributed by atoms with Crippen LogP contribution in [0.5, 0.6) is 0 Å². The SMILES string of the molecule is NC(=O)c1cccc(Nc2cccnc2C(N)=S)c1. The molecule has 0 saturated heterocycles. The van der Waals surface area contributed by atoms with Gasteiger partial charge in [0, 0.05) is 17.4 Å². The summed E-state index contributed by atoms with van der Waals surface area (Å²) in [5, 5.41) is 3.11. The van der Waals surface area contributed by atoms with E-state index in [0.29, 0.717) is 22.6 Å². The topological polar surface area (TPSA) is 94.0 Å². The fourth-order valence-electron chi connectivity index (χ4n) is 1.61. The van der Waals surface area contributed by atoms with Gasteiger partial charge in [0.1, 0.15) is 10.7 Å². The van der Waals surface area contributed by atoms with Gasteiger partial charge in [0.2, 0.25) is 5.91 Å². The van der Waals surface area contributed by atoms with E-state index in [1.165, 1.54) is 0 Å². The number of nitrogens with two attached hydrogens (primary N) is 2. The van der Waals surface area contributed by atoms with Gasteiger partial charge in [-0.3, -0.25) is 9.78 Å². The van der Waals surface area contributed by atoms with Gasteiger partial charge in [-0.1, -0.05) is 18.3 Å². The van der Waals surface area contributed by atoms with Gasteiger partial charge in [0.25, 0.3) is 0 Å². The van der Waals surface area contributed by atoms with Crippen LogP contribution in [-0.2, 0) is 0 Å². The number of nitrogens with zero attached hydrogens (tertiary/aromatic N) is 1. The number of carbonyl (C=O) groups is 1. The first-order chi connectivity index (χ1) is 9.08. The zero-order valence-corrected chi connectivity index (χ0v) is 10.8. The van der Waals surface area contributed by atoms with E-state index in [2.05, 4.69) is 10.3 Å². The largest absolute Gasteiger partial charge is 0.388 e. The molecule has 6 heteroatoms. The molecule has 0 fully saturated rings. The van der Waals surface area contributed by atoms with E-state index in [0.717, 1.165) is 0 Å². The summed E-state index contributed by atoms with van der Waals surface area (Å²) in [5.41, 5.74) is 13.1. The van der Waals surface area contributed by atoms with Gasteiger partial charge in [-0.2, -0.15) is 0 Å². The second kappa shape index (κ2) is 5.45. The van der Waals surface area contributed by atoms with Crippen molar-refractivity contribution in [2.75, 3.05) is 5.32 Å². The molecule has 96 valence electrons. The maximum atomic E-state index is 11.1. The molecule has 0 bridgehead atoms. The van der Waals surface area contributed by atoms with Crippen molar-refractivity contribution in [3.63, 3.8) is 0 Å². The van der Waals surface area contributed by atoms with Crippen molar-refractivity contribution in [2.45, 2.75) is 0 Å². The zero-order valence-electron chi connectivity index (χ0n) is 9.96. The van der Waals surface area contributed by atoms with Crippen LogP contribution in [0.4, 0.5) is 11.4 Å². The number of thiocarbonyl (C=S) groups is 1. The van der Waals surface area contributed by atoms with Crippen molar-refractivity contribution >= 4 is 34.5 Å². The Labute approximate surface area is 115 Å². The Hall–Kier alpha value is -2.47. The molecule has 0 spiro atoms. The Balaban J connectivity index is 2.34. The number of hydrogen-bond acceptors (Lipinski definition) is 4. The number of primary amides is 1. The molecule has 0 aliphatic heterocycles. The third-order valence-corrected chi connectivity index (χ3v) is 2.66. The third-order valence-electron chi connectivity index (χ3n) is 2.47. The number of amides is 1. The second-order valence-corrected chi connectivity index (χ2v) is 4.27. The van der Waals surface area contributed by atoms with Crippen LogP contribution >= 0.6 is 12.2 Å². The predicted octanol–water partition coefficient (Wildman–Crippen LogP) is 1.56. The first kappa shape index (κ1) is 13.0. The quantitative estimate of drug-likeness (QED) is 0.734.